The molecule has 148 valence electrons. The van der Waals surface area contributed by atoms with E-state index >= 15 is 0 Å². The third-order valence-electron chi connectivity index (χ3n) is 4.42. The van der Waals surface area contributed by atoms with Gasteiger partial charge >= 0.3 is 0 Å². The van der Waals surface area contributed by atoms with E-state index in [4.69, 9.17) is 23.8 Å². The zero-order valence-corrected chi connectivity index (χ0v) is 17.6. The molecule has 0 amide bonds. The molecule has 0 aliphatic carbocycles. The molecule has 0 aliphatic heterocycles. The van der Waals surface area contributed by atoms with Crippen LogP contribution in [-0.2, 0) is 6.54 Å². The second-order valence-electron chi connectivity index (χ2n) is 6.29. The molecule has 0 spiro atoms. The summed E-state index contributed by atoms with van der Waals surface area (Å²) in [7, 11) is 0. The summed E-state index contributed by atoms with van der Waals surface area (Å²) in [6.07, 6.45) is 1.02. The van der Waals surface area contributed by atoms with Crippen LogP contribution in [0.2, 0.25) is 5.02 Å². The van der Waals surface area contributed by atoms with Gasteiger partial charge in [0.2, 0.25) is 0 Å². The van der Waals surface area contributed by atoms with Crippen LogP contribution in [0.3, 0.4) is 0 Å². The molecule has 1 aromatic carbocycles. The summed E-state index contributed by atoms with van der Waals surface area (Å²) < 4.78 is 15.7. The summed E-state index contributed by atoms with van der Waals surface area (Å²) in [5.74, 6) is 0.290. The lowest BCUT2D eigenvalue weighted by Crippen LogP contribution is -2.32. The monoisotopic (exact) mass is 411 g/mol. The van der Waals surface area contributed by atoms with Crippen LogP contribution in [0.25, 0.3) is 0 Å². The van der Waals surface area contributed by atoms with Crippen molar-refractivity contribution in [3.05, 3.63) is 46.4 Å². The van der Waals surface area contributed by atoms with E-state index in [2.05, 4.69) is 34.5 Å². The van der Waals surface area contributed by atoms with Crippen molar-refractivity contribution in [1.82, 2.24) is 20.0 Å². The molecule has 8 heteroatoms. The van der Waals surface area contributed by atoms with Gasteiger partial charge in [-0.05, 0) is 57.3 Å². The van der Waals surface area contributed by atoms with Crippen molar-refractivity contribution >= 4 is 34.7 Å². The molecular formula is C19H27ClFN5S. The van der Waals surface area contributed by atoms with E-state index in [0.717, 1.165) is 38.3 Å². The summed E-state index contributed by atoms with van der Waals surface area (Å²) in [6, 6.07) is 6.54. The van der Waals surface area contributed by atoms with Crippen LogP contribution in [0, 0.1) is 12.7 Å². The summed E-state index contributed by atoms with van der Waals surface area (Å²) in [4.78, 5) is 2.37. The predicted octanol–water partition coefficient (Wildman–Crippen LogP) is 4.05. The molecule has 0 saturated heterocycles. The highest BCUT2D eigenvalue weighted by atomic mass is 35.5. The summed E-state index contributed by atoms with van der Waals surface area (Å²) in [5.41, 5.74) is 1.31. The lowest BCUT2D eigenvalue weighted by Gasteiger charge is -2.18. The predicted molar refractivity (Wildman–Crippen MR) is 114 cm³/mol. The van der Waals surface area contributed by atoms with Crippen LogP contribution in [0.1, 0.15) is 31.5 Å². The van der Waals surface area contributed by atoms with Gasteiger partial charge in [0.25, 0.3) is 0 Å². The molecule has 0 fully saturated rings. The lowest BCUT2D eigenvalue weighted by molar-refractivity contribution is 0.300. The Kier molecular flexibility index (Phi) is 8.47. The first kappa shape index (κ1) is 21.6. The number of hydrogen-bond donors (Lipinski definition) is 2. The Morgan fingerprint density at radius 2 is 2.07 bits per heavy atom. The number of aromatic nitrogens is 2. The molecule has 5 nitrogen and oxygen atoms in total. The van der Waals surface area contributed by atoms with Gasteiger partial charge in [-0.3, -0.25) is 4.68 Å². The van der Waals surface area contributed by atoms with E-state index < -0.39 is 0 Å². The molecule has 0 unspecified atom stereocenters. The quantitative estimate of drug-likeness (QED) is 0.481. The molecule has 1 aromatic heterocycles. The van der Waals surface area contributed by atoms with Crippen molar-refractivity contribution in [3.8, 4) is 0 Å². The average Bonchev–Trinajstić information content (AvgIpc) is 2.97. The number of benzene rings is 1. The highest BCUT2D eigenvalue weighted by molar-refractivity contribution is 7.80. The Bertz CT molecular complexity index is 740. The molecule has 27 heavy (non-hydrogen) atoms. The molecule has 1 heterocycles. The van der Waals surface area contributed by atoms with Crippen LogP contribution < -0.4 is 10.6 Å². The van der Waals surface area contributed by atoms with Crippen LogP contribution >= 0.6 is 23.8 Å². The SMILES string of the molecule is CCN(CC)CCCNC(=S)Nc1cc(C)n(Cc2c(F)cccc2Cl)n1. The first-order chi connectivity index (χ1) is 12.9. The Morgan fingerprint density at radius 3 is 2.74 bits per heavy atom. The minimum Gasteiger partial charge on any atom is -0.362 e. The van der Waals surface area contributed by atoms with E-state index in [1.165, 1.54) is 6.07 Å². The van der Waals surface area contributed by atoms with Crippen molar-refractivity contribution in [2.24, 2.45) is 0 Å². The van der Waals surface area contributed by atoms with Crippen molar-refractivity contribution in [2.45, 2.75) is 33.7 Å². The average molecular weight is 412 g/mol. The lowest BCUT2D eigenvalue weighted by atomic mass is 10.2. The van der Waals surface area contributed by atoms with Crippen LogP contribution in [0.15, 0.2) is 24.3 Å². The van der Waals surface area contributed by atoms with Gasteiger partial charge in [0.1, 0.15) is 5.82 Å². The number of hydrogen-bond acceptors (Lipinski definition) is 3. The topological polar surface area (TPSA) is 45.1 Å². The van der Waals surface area contributed by atoms with Crippen LogP contribution in [-0.4, -0.2) is 46.0 Å². The second-order valence-corrected chi connectivity index (χ2v) is 7.11. The van der Waals surface area contributed by atoms with E-state index in [9.17, 15) is 4.39 Å². The Balaban J connectivity index is 1.88. The Hall–Kier alpha value is -1.70. The zero-order valence-electron chi connectivity index (χ0n) is 16.1. The molecule has 0 aliphatic rings. The van der Waals surface area contributed by atoms with Gasteiger partial charge in [-0.1, -0.05) is 31.5 Å². The number of anilines is 1. The fourth-order valence-corrected chi connectivity index (χ4v) is 3.20. The first-order valence-electron chi connectivity index (χ1n) is 9.19. The highest BCUT2D eigenvalue weighted by Gasteiger charge is 2.11. The Morgan fingerprint density at radius 1 is 1.33 bits per heavy atom. The summed E-state index contributed by atoms with van der Waals surface area (Å²) in [5, 5.41) is 11.7. The van der Waals surface area contributed by atoms with Crippen molar-refractivity contribution < 1.29 is 4.39 Å². The minimum atomic E-state index is -0.336. The van der Waals surface area contributed by atoms with Gasteiger partial charge in [0.05, 0.1) is 6.54 Å². The smallest absolute Gasteiger partial charge is 0.171 e. The number of nitrogens with zero attached hydrogens (tertiary/aromatic N) is 3. The van der Waals surface area contributed by atoms with Gasteiger partial charge in [-0.25, -0.2) is 4.39 Å². The number of thiocarbonyl (C=S) groups is 1. The number of aryl methyl sites for hydroxylation is 1. The van der Waals surface area contributed by atoms with E-state index in [-0.39, 0.29) is 12.4 Å². The van der Waals surface area contributed by atoms with Crippen LogP contribution in [0.4, 0.5) is 10.2 Å². The molecule has 0 saturated carbocycles. The van der Waals surface area contributed by atoms with Gasteiger partial charge < -0.3 is 15.5 Å². The maximum absolute atomic E-state index is 14.0. The van der Waals surface area contributed by atoms with E-state index in [1.807, 2.05) is 13.0 Å². The standard InChI is InChI=1S/C19H27ClFN5S/c1-4-25(5-2)11-7-10-22-19(27)23-18-12-14(3)26(24-18)13-15-16(20)8-6-9-17(15)21/h6,8-9,12H,4-5,7,10-11,13H2,1-3H3,(H2,22,23,24,27). The number of rotatable bonds is 9. The molecule has 2 rings (SSSR count). The second kappa shape index (κ2) is 10.6. The number of nitrogens with one attached hydrogen (secondary N) is 2. The first-order valence-corrected chi connectivity index (χ1v) is 9.97. The maximum atomic E-state index is 14.0. The minimum absolute atomic E-state index is 0.267. The summed E-state index contributed by atoms with van der Waals surface area (Å²) in [6.45, 7) is 10.5. The fourth-order valence-electron chi connectivity index (χ4n) is 2.77. The van der Waals surface area contributed by atoms with Crippen molar-refractivity contribution in [3.63, 3.8) is 0 Å². The number of halogens is 2. The molecule has 0 radical (unpaired) electrons. The molecule has 2 N–H and O–H groups in total. The zero-order chi connectivity index (χ0) is 19.8. The summed E-state index contributed by atoms with van der Waals surface area (Å²) >= 11 is 11.4. The van der Waals surface area contributed by atoms with E-state index in [1.54, 1.807) is 16.8 Å². The third kappa shape index (κ3) is 6.45. The normalized spacial score (nSPS) is 11.0. The van der Waals surface area contributed by atoms with Crippen molar-refractivity contribution in [1.29, 1.82) is 0 Å². The van der Waals surface area contributed by atoms with Crippen molar-refractivity contribution in [2.75, 3.05) is 31.5 Å². The van der Waals surface area contributed by atoms with Crippen LogP contribution in [0.5, 0.6) is 0 Å². The molecule has 0 atom stereocenters. The maximum Gasteiger partial charge on any atom is 0.171 e. The Labute approximate surface area is 170 Å². The largest absolute Gasteiger partial charge is 0.362 e. The molecule has 2 aromatic rings. The molecular weight excluding hydrogens is 385 g/mol. The third-order valence-corrected chi connectivity index (χ3v) is 5.02. The van der Waals surface area contributed by atoms with Gasteiger partial charge in [0, 0.05) is 28.9 Å². The van der Waals surface area contributed by atoms with Gasteiger partial charge in [-0.15, -0.1) is 0 Å². The van der Waals surface area contributed by atoms with Gasteiger partial charge in [0.15, 0.2) is 10.9 Å². The molecule has 0 bridgehead atoms. The highest BCUT2D eigenvalue weighted by Crippen LogP contribution is 2.21. The van der Waals surface area contributed by atoms with Gasteiger partial charge in [-0.2, -0.15) is 5.10 Å². The van der Waals surface area contributed by atoms with E-state index in [0.29, 0.717) is 21.5 Å². The fraction of sp³-hybridized carbons (Fsp3) is 0.474.